The molecule has 0 unspecified atom stereocenters. The van der Waals surface area contributed by atoms with Crippen molar-refractivity contribution in [2.24, 2.45) is 0 Å². The van der Waals surface area contributed by atoms with Gasteiger partial charge in [-0.1, -0.05) is 34.9 Å². The number of amides is 1. The van der Waals surface area contributed by atoms with Gasteiger partial charge in [-0.2, -0.15) is 0 Å². The van der Waals surface area contributed by atoms with Gasteiger partial charge in [-0.05, 0) is 5.56 Å². The van der Waals surface area contributed by atoms with Crippen molar-refractivity contribution < 1.29 is 4.79 Å². The molecule has 4 nitrogen and oxygen atoms in total. The third-order valence-corrected chi connectivity index (χ3v) is 2.64. The topological polar surface area (TPSA) is 44.4 Å². The summed E-state index contributed by atoms with van der Waals surface area (Å²) in [6.45, 7) is 0. The summed E-state index contributed by atoms with van der Waals surface area (Å²) in [5.41, 5.74) is 6.35. The highest BCUT2D eigenvalue weighted by atomic mass is 32.2. The van der Waals surface area contributed by atoms with E-state index < -0.39 is 0 Å². The zero-order valence-corrected chi connectivity index (χ0v) is 8.04. The third-order valence-electron chi connectivity index (χ3n) is 1.71. The minimum Gasteiger partial charge on any atom is -0.297 e. The highest BCUT2D eigenvalue weighted by Gasteiger charge is 2.15. The molecule has 0 spiro atoms. The first kappa shape index (κ1) is 9.11. The van der Waals surface area contributed by atoms with E-state index in [0.29, 0.717) is 0 Å². The van der Waals surface area contributed by atoms with Crippen LogP contribution in [-0.4, -0.2) is 10.9 Å². The number of nitrogens with one attached hydrogen (secondary N) is 2. The van der Waals surface area contributed by atoms with Crippen molar-refractivity contribution in [1.29, 1.82) is 0 Å². The minimum atomic E-state index is 1.05. The summed E-state index contributed by atoms with van der Waals surface area (Å²) in [6.07, 6.45) is 3.41. The molecule has 2 rings (SSSR count). The third kappa shape index (κ3) is 1.89. The summed E-state index contributed by atoms with van der Waals surface area (Å²) >= 11 is 1.40. The fourth-order valence-corrected chi connectivity index (χ4v) is 1.84. The van der Waals surface area contributed by atoms with E-state index in [2.05, 4.69) is 10.9 Å². The fraction of sp³-hybridized carbons (Fsp3) is 0. The van der Waals surface area contributed by atoms with Crippen LogP contribution in [0.4, 0.5) is 0 Å². The molecule has 5 heteroatoms. The number of benzene rings is 1. The summed E-state index contributed by atoms with van der Waals surface area (Å²) in [7, 11) is 0. The summed E-state index contributed by atoms with van der Waals surface area (Å²) in [5, 5.41) is 0. The molecular formula is C9H8N3OS. The average molecular weight is 206 g/mol. The molecule has 1 aromatic rings. The van der Waals surface area contributed by atoms with Crippen LogP contribution in [-0.2, 0) is 4.79 Å². The van der Waals surface area contributed by atoms with Gasteiger partial charge in [0.05, 0.1) is 4.91 Å². The predicted molar refractivity (Wildman–Crippen MR) is 55.8 cm³/mol. The normalized spacial score (nSPS) is 15.9. The average Bonchev–Trinajstić information content (AvgIpc) is 2.68. The van der Waals surface area contributed by atoms with Crippen molar-refractivity contribution in [1.82, 2.24) is 15.4 Å². The smallest absolute Gasteiger partial charge is 0.297 e. The molecule has 0 saturated heterocycles. The van der Waals surface area contributed by atoms with Gasteiger partial charge in [0.2, 0.25) is 0 Å². The molecule has 1 aliphatic rings. The zero-order chi connectivity index (χ0) is 9.80. The van der Waals surface area contributed by atoms with E-state index in [1.807, 2.05) is 36.5 Å². The van der Waals surface area contributed by atoms with E-state index in [-0.39, 0.29) is 0 Å². The lowest BCUT2D eigenvalue weighted by Gasteiger charge is -2.10. The molecule has 1 amide bonds. The first-order chi connectivity index (χ1) is 6.90. The highest BCUT2D eigenvalue weighted by molar-refractivity contribution is 8.06. The first-order valence-corrected chi connectivity index (χ1v) is 4.80. The molecule has 1 heterocycles. The summed E-state index contributed by atoms with van der Waals surface area (Å²) in [5.74, 6) is 0. The minimum absolute atomic E-state index is 1.05. The van der Waals surface area contributed by atoms with Crippen molar-refractivity contribution in [2.75, 3.05) is 0 Å². The van der Waals surface area contributed by atoms with Crippen LogP contribution < -0.4 is 10.9 Å². The molecular weight excluding hydrogens is 198 g/mol. The van der Waals surface area contributed by atoms with Gasteiger partial charge in [0.25, 0.3) is 0 Å². The fourth-order valence-electron chi connectivity index (χ4n) is 1.10. The van der Waals surface area contributed by atoms with E-state index >= 15 is 0 Å². The van der Waals surface area contributed by atoms with E-state index in [1.165, 1.54) is 16.5 Å². The maximum atomic E-state index is 10.0. The Morgan fingerprint density at radius 3 is 2.86 bits per heavy atom. The lowest BCUT2D eigenvalue weighted by molar-refractivity contribution is 0.362. The van der Waals surface area contributed by atoms with Gasteiger partial charge in [0, 0.05) is 18.1 Å². The number of hydrogen-bond donors (Lipinski definition) is 2. The number of rotatable bonds is 3. The number of hydrazine groups is 2. The predicted octanol–water partition coefficient (Wildman–Crippen LogP) is 1.03. The summed E-state index contributed by atoms with van der Waals surface area (Å²) < 4.78 is 1.48. The first-order valence-electron chi connectivity index (χ1n) is 4.03. The molecule has 1 aliphatic heterocycles. The summed E-state index contributed by atoms with van der Waals surface area (Å²) in [4.78, 5) is 11.1. The van der Waals surface area contributed by atoms with Gasteiger partial charge in [0.15, 0.2) is 0 Å². The molecule has 1 radical (unpaired) electrons. The quantitative estimate of drug-likeness (QED) is 0.572. The van der Waals surface area contributed by atoms with Crippen LogP contribution in [0.3, 0.4) is 0 Å². The maximum absolute atomic E-state index is 10.0. The molecule has 0 fully saturated rings. The molecule has 0 bridgehead atoms. The molecule has 0 atom stereocenters. The van der Waals surface area contributed by atoms with Gasteiger partial charge in [-0.25, -0.2) is 0 Å². The van der Waals surface area contributed by atoms with Crippen LogP contribution in [0.1, 0.15) is 5.56 Å². The standard InChI is InChI=1S/C9H8N3OS/c13-7-11-12-10-6-9(14-12)8-4-2-1-3-5-8/h1-6,10H,(H,11,13). The molecule has 71 valence electrons. The zero-order valence-electron chi connectivity index (χ0n) is 7.23. The van der Waals surface area contributed by atoms with E-state index in [1.54, 1.807) is 6.41 Å². The molecule has 0 aromatic heterocycles. The van der Waals surface area contributed by atoms with Crippen LogP contribution in [0, 0.1) is 0 Å². The van der Waals surface area contributed by atoms with Crippen LogP contribution in [0.2, 0.25) is 0 Å². The summed E-state index contributed by atoms with van der Waals surface area (Å²) in [6, 6.07) is 9.92. The van der Waals surface area contributed by atoms with Gasteiger partial charge in [0.1, 0.15) is 0 Å². The van der Waals surface area contributed by atoms with Gasteiger partial charge in [-0.15, -0.1) is 0 Å². The maximum Gasteiger partial charge on any atom is 0.327 e. The number of carbonyl (C=O) groups excluding carboxylic acids is 1. The number of nitrogens with zero attached hydrogens (tertiary/aromatic N) is 1. The van der Waals surface area contributed by atoms with Crippen molar-refractivity contribution >= 4 is 23.3 Å². The van der Waals surface area contributed by atoms with Gasteiger partial charge in [-0.3, -0.25) is 15.6 Å². The lowest BCUT2D eigenvalue weighted by Crippen LogP contribution is -2.36. The van der Waals surface area contributed by atoms with Crippen LogP contribution in [0.5, 0.6) is 0 Å². The highest BCUT2D eigenvalue weighted by Crippen LogP contribution is 2.31. The van der Waals surface area contributed by atoms with Crippen LogP contribution >= 0.6 is 11.9 Å². The van der Waals surface area contributed by atoms with E-state index in [4.69, 9.17) is 0 Å². The van der Waals surface area contributed by atoms with Gasteiger partial charge < -0.3 is 0 Å². The van der Waals surface area contributed by atoms with Crippen molar-refractivity contribution in [3.8, 4) is 0 Å². The Hall–Kier alpha value is -1.46. The Balaban J connectivity index is 2.05. The van der Waals surface area contributed by atoms with Crippen LogP contribution in [0.15, 0.2) is 36.5 Å². The lowest BCUT2D eigenvalue weighted by atomic mass is 10.2. The monoisotopic (exact) mass is 206 g/mol. The Morgan fingerprint density at radius 2 is 2.14 bits per heavy atom. The molecule has 0 aliphatic carbocycles. The van der Waals surface area contributed by atoms with Crippen molar-refractivity contribution in [3.63, 3.8) is 0 Å². The van der Waals surface area contributed by atoms with Gasteiger partial charge >= 0.3 is 6.41 Å². The molecule has 14 heavy (non-hydrogen) atoms. The second-order valence-electron chi connectivity index (χ2n) is 2.60. The Morgan fingerprint density at radius 1 is 1.36 bits per heavy atom. The van der Waals surface area contributed by atoms with Crippen molar-refractivity contribution in [2.45, 2.75) is 0 Å². The Labute approximate surface area is 86.1 Å². The molecule has 1 aromatic carbocycles. The Kier molecular flexibility index (Phi) is 2.71. The largest absolute Gasteiger partial charge is 0.327 e. The van der Waals surface area contributed by atoms with Crippen molar-refractivity contribution in [3.05, 3.63) is 42.1 Å². The number of hydrogen-bond acceptors (Lipinski definition) is 4. The second-order valence-corrected chi connectivity index (χ2v) is 3.59. The van der Waals surface area contributed by atoms with E-state index in [0.717, 1.165) is 10.5 Å². The van der Waals surface area contributed by atoms with Crippen LogP contribution in [0.25, 0.3) is 4.91 Å². The SMILES string of the molecule is O=[C]NN1NC=C(c2ccccc2)S1. The van der Waals surface area contributed by atoms with E-state index in [9.17, 15) is 4.79 Å². The molecule has 2 N–H and O–H groups in total. The Bertz CT molecular complexity index is 352. The second kappa shape index (κ2) is 4.17. The molecule has 0 saturated carbocycles.